The van der Waals surface area contributed by atoms with Gasteiger partial charge in [-0.2, -0.15) is 0 Å². The van der Waals surface area contributed by atoms with Crippen molar-refractivity contribution >= 4 is 34.5 Å². The van der Waals surface area contributed by atoms with Crippen LogP contribution in [0.4, 0.5) is 19.0 Å². The maximum absolute atomic E-state index is 14.1. The Kier molecular flexibility index (Phi) is 7.10. The second-order valence-corrected chi connectivity index (χ2v) is 11.0. The molecule has 0 bridgehead atoms. The van der Waals surface area contributed by atoms with E-state index in [0.717, 1.165) is 23.2 Å². The number of carboxylic acids is 1. The Hall–Kier alpha value is -5.25. The van der Waals surface area contributed by atoms with Crippen LogP contribution in [0.5, 0.6) is 5.75 Å². The van der Waals surface area contributed by atoms with E-state index < -0.39 is 58.2 Å². The molecule has 0 aliphatic carbocycles. The molecule has 4 unspecified atom stereocenters. The van der Waals surface area contributed by atoms with Crippen molar-refractivity contribution < 1.29 is 42.3 Å². The number of carbonyl (C=O) groups is 3. The number of alkyl halides is 3. The zero-order chi connectivity index (χ0) is 32.3. The number of aryl methyl sites for hydroxylation is 1. The van der Waals surface area contributed by atoms with Crippen LogP contribution < -0.4 is 10.1 Å². The van der Waals surface area contributed by atoms with Crippen LogP contribution in [0.2, 0.25) is 0 Å². The summed E-state index contributed by atoms with van der Waals surface area (Å²) in [6, 6.07) is 10.7. The van der Waals surface area contributed by atoms with Gasteiger partial charge in [-0.1, -0.05) is 30.3 Å². The number of nitrogens with one attached hydrogen (secondary N) is 2. The fourth-order valence-electron chi connectivity index (χ4n) is 6.57. The Morgan fingerprint density at radius 3 is 2.62 bits per heavy atom. The molecule has 2 aromatic heterocycles. The molecule has 2 aromatic carbocycles. The van der Waals surface area contributed by atoms with E-state index in [0.29, 0.717) is 16.5 Å². The summed E-state index contributed by atoms with van der Waals surface area (Å²) in [5.74, 6) is -6.46. The number of halogens is 3. The Balaban J connectivity index is 1.42. The van der Waals surface area contributed by atoms with Gasteiger partial charge in [0.2, 0.25) is 11.8 Å². The standard InChI is InChI=1S/C29H25F3N6O7/c1-15-33-14-21(38(43)44)36(15)9-10-37-25(39)22-23(26(37)40)28(27(41)42,12-17-13-34-20-8-3-2-7-19(17)20)35-24(22)16-5-4-6-18(11-16)45-29(30,31)32/h2-8,11,13-14,22-24,34-35H,9-10,12H2,1H3,(H,41,42). The molecule has 13 nitrogen and oxygen atoms in total. The molecule has 3 N–H and O–H groups in total. The number of benzene rings is 2. The van der Waals surface area contributed by atoms with Crippen LogP contribution >= 0.6 is 0 Å². The van der Waals surface area contributed by atoms with Crippen molar-refractivity contribution in [1.29, 1.82) is 0 Å². The molecule has 16 heteroatoms. The van der Waals surface area contributed by atoms with Gasteiger partial charge in [-0.15, -0.1) is 13.2 Å². The second kappa shape index (κ2) is 10.7. The number of nitrogens with zero attached hydrogens (tertiary/aromatic N) is 4. The quantitative estimate of drug-likeness (QED) is 0.143. The highest BCUT2D eigenvalue weighted by molar-refractivity contribution is 6.09. The van der Waals surface area contributed by atoms with Gasteiger partial charge in [-0.05, 0) is 34.2 Å². The Bertz CT molecular complexity index is 1850. The number of rotatable bonds is 9. The van der Waals surface area contributed by atoms with Crippen molar-refractivity contribution in [2.24, 2.45) is 11.8 Å². The molecule has 2 aliphatic heterocycles. The number of aliphatic carboxylic acids is 1. The van der Waals surface area contributed by atoms with Gasteiger partial charge in [0.25, 0.3) is 0 Å². The first-order chi connectivity index (χ1) is 21.3. The Morgan fingerprint density at radius 1 is 1.16 bits per heavy atom. The van der Waals surface area contributed by atoms with Gasteiger partial charge in [-0.3, -0.25) is 24.6 Å². The summed E-state index contributed by atoms with van der Waals surface area (Å²) < 4.78 is 44.4. The first kappa shape index (κ1) is 29.8. The number of nitro groups is 1. The fourth-order valence-corrected chi connectivity index (χ4v) is 6.57. The summed E-state index contributed by atoms with van der Waals surface area (Å²) in [5, 5.41) is 25.9. The van der Waals surface area contributed by atoms with Crippen molar-refractivity contribution in [3.63, 3.8) is 0 Å². The number of amides is 2. The molecule has 2 aliphatic rings. The highest BCUT2D eigenvalue weighted by Gasteiger charge is 2.68. The highest BCUT2D eigenvalue weighted by atomic mass is 19.4. The third-order valence-electron chi connectivity index (χ3n) is 8.49. The molecule has 0 saturated carbocycles. The van der Waals surface area contributed by atoms with E-state index in [1.165, 1.54) is 23.6 Å². The number of imide groups is 1. The number of carboxylic acid groups (broad SMARTS) is 1. The normalized spacial score (nSPS) is 23.1. The van der Waals surface area contributed by atoms with Gasteiger partial charge >= 0.3 is 18.1 Å². The van der Waals surface area contributed by atoms with E-state index in [2.05, 4.69) is 20.0 Å². The number of aromatic nitrogens is 3. The van der Waals surface area contributed by atoms with E-state index in [4.69, 9.17) is 0 Å². The van der Waals surface area contributed by atoms with Gasteiger partial charge in [0, 0.05) is 36.5 Å². The van der Waals surface area contributed by atoms with Gasteiger partial charge in [-0.25, -0.2) is 9.55 Å². The van der Waals surface area contributed by atoms with E-state index in [1.54, 1.807) is 30.5 Å². The Morgan fingerprint density at radius 2 is 1.91 bits per heavy atom. The SMILES string of the molecule is Cc1ncc([N+](=O)[O-])n1CCN1C(=O)C2C(c3cccc(OC(F)(F)F)c3)NC(Cc3c[nH]c4ccccc34)(C(=O)O)C2C1=O. The molecule has 0 spiro atoms. The third kappa shape index (κ3) is 5.05. The van der Waals surface area contributed by atoms with E-state index >= 15 is 0 Å². The van der Waals surface area contributed by atoms with Gasteiger partial charge in [0.05, 0.1) is 18.4 Å². The molecular weight excluding hydrogens is 601 g/mol. The average Bonchev–Trinajstić information content (AvgIpc) is 3.71. The predicted molar refractivity (Wildman–Crippen MR) is 149 cm³/mol. The molecule has 0 radical (unpaired) electrons. The molecule has 4 aromatic rings. The van der Waals surface area contributed by atoms with Crippen molar-refractivity contribution in [3.05, 3.63) is 88.0 Å². The molecule has 234 valence electrons. The maximum atomic E-state index is 14.1. The monoisotopic (exact) mass is 626 g/mol. The number of H-pyrrole nitrogens is 1. The number of hydrogen-bond donors (Lipinski definition) is 3. The highest BCUT2D eigenvalue weighted by Crippen LogP contribution is 2.50. The second-order valence-electron chi connectivity index (χ2n) is 11.0. The van der Waals surface area contributed by atoms with Crippen molar-refractivity contribution in [1.82, 2.24) is 24.8 Å². The third-order valence-corrected chi connectivity index (χ3v) is 8.49. The van der Waals surface area contributed by atoms with Crippen LogP contribution in [0.25, 0.3) is 10.9 Å². The fraction of sp³-hybridized carbons (Fsp3) is 0.310. The molecule has 4 heterocycles. The number of hydrogen-bond acceptors (Lipinski definition) is 8. The van der Waals surface area contributed by atoms with Crippen LogP contribution in [-0.2, 0) is 27.3 Å². The first-order valence-electron chi connectivity index (χ1n) is 13.7. The van der Waals surface area contributed by atoms with Crippen molar-refractivity contribution in [2.45, 2.75) is 37.8 Å². The zero-order valence-electron chi connectivity index (χ0n) is 23.4. The number of fused-ring (bicyclic) bond motifs is 2. The number of imidazole rings is 1. The molecular formula is C29H25F3N6O7. The lowest BCUT2D eigenvalue weighted by Gasteiger charge is -2.31. The minimum absolute atomic E-state index is 0.109. The van der Waals surface area contributed by atoms with Crippen LogP contribution in [0.3, 0.4) is 0 Å². The summed E-state index contributed by atoms with van der Waals surface area (Å²) in [4.78, 5) is 59.9. The number of para-hydroxylation sites is 1. The maximum Gasteiger partial charge on any atom is 0.573 e. The number of likely N-dealkylation sites (tertiary alicyclic amines) is 1. The molecule has 6 rings (SSSR count). The summed E-state index contributed by atoms with van der Waals surface area (Å²) in [6.07, 6.45) is -2.60. The largest absolute Gasteiger partial charge is 0.573 e. The molecule has 4 atom stereocenters. The molecule has 2 fully saturated rings. The van der Waals surface area contributed by atoms with Crippen LogP contribution in [0.15, 0.2) is 60.9 Å². The number of aromatic amines is 1. The summed E-state index contributed by atoms with van der Waals surface area (Å²) in [7, 11) is 0. The lowest BCUT2D eigenvalue weighted by molar-refractivity contribution is -0.392. The lowest BCUT2D eigenvalue weighted by Crippen LogP contribution is -2.57. The lowest BCUT2D eigenvalue weighted by atomic mass is 9.76. The number of ether oxygens (including phenoxy) is 1. The van der Waals surface area contributed by atoms with E-state index in [-0.39, 0.29) is 36.7 Å². The van der Waals surface area contributed by atoms with Crippen LogP contribution in [-0.4, -0.2) is 65.7 Å². The van der Waals surface area contributed by atoms with Crippen LogP contribution in [0.1, 0.15) is 23.0 Å². The molecule has 2 saturated heterocycles. The van der Waals surface area contributed by atoms with E-state index in [9.17, 15) is 42.8 Å². The smallest absolute Gasteiger partial charge is 0.480 e. The summed E-state index contributed by atoms with van der Waals surface area (Å²) in [5.41, 5.74) is -0.696. The average molecular weight is 627 g/mol. The minimum atomic E-state index is -5.01. The Labute approximate surface area is 251 Å². The minimum Gasteiger partial charge on any atom is -0.480 e. The van der Waals surface area contributed by atoms with Gasteiger partial charge in [0.1, 0.15) is 24.0 Å². The summed E-state index contributed by atoms with van der Waals surface area (Å²) >= 11 is 0. The van der Waals surface area contributed by atoms with Crippen molar-refractivity contribution in [2.75, 3.05) is 6.54 Å². The predicted octanol–water partition coefficient (Wildman–Crippen LogP) is 3.49. The van der Waals surface area contributed by atoms with Gasteiger partial charge in [0.15, 0.2) is 5.82 Å². The molecule has 2 amide bonds. The van der Waals surface area contributed by atoms with Crippen LogP contribution in [0, 0.1) is 28.9 Å². The number of carbonyl (C=O) groups excluding carboxylic acids is 2. The zero-order valence-corrected chi connectivity index (χ0v) is 23.4. The molecule has 45 heavy (non-hydrogen) atoms. The summed E-state index contributed by atoms with van der Waals surface area (Å²) in [6.45, 7) is 1.01. The topological polar surface area (TPSA) is 173 Å². The van der Waals surface area contributed by atoms with Gasteiger partial charge < -0.3 is 24.9 Å². The first-order valence-corrected chi connectivity index (χ1v) is 13.7. The van der Waals surface area contributed by atoms with Crippen molar-refractivity contribution in [3.8, 4) is 5.75 Å². The van der Waals surface area contributed by atoms with E-state index in [1.807, 2.05) is 0 Å².